The summed E-state index contributed by atoms with van der Waals surface area (Å²) in [5.74, 6) is 1.67. The summed E-state index contributed by atoms with van der Waals surface area (Å²) in [7, 11) is 0. The molecule has 0 aliphatic heterocycles. The Morgan fingerprint density at radius 3 is 2.85 bits per heavy atom. The van der Waals surface area contributed by atoms with Crippen LogP contribution in [0.25, 0.3) is 0 Å². The Hall–Kier alpha value is -0.790. The predicted molar refractivity (Wildman–Crippen MR) is 53.6 cm³/mol. The second kappa shape index (κ2) is 3.17. The van der Waals surface area contributed by atoms with Crippen LogP contribution in [-0.4, -0.2) is 9.78 Å². The first-order chi connectivity index (χ1) is 6.22. The van der Waals surface area contributed by atoms with E-state index in [0.717, 1.165) is 18.3 Å². The van der Waals surface area contributed by atoms with Gasteiger partial charge in [-0.3, -0.25) is 4.68 Å². The van der Waals surface area contributed by atoms with Crippen LogP contribution in [0.2, 0.25) is 0 Å². The van der Waals surface area contributed by atoms with Gasteiger partial charge in [-0.25, -0.2) is 0 Å². The molecule has 1 heterocycles. The van der Waals surface area contributed by atoms with Gasteiger partial charge in [-0.05, 0) is 30.2 Å². The fraction of sp³-hybridized carbons (Fsp3) is 0.727. The summed E-state index contributed by atoms with van der Waals surface area (Å²) in [6.07, 6.45) is 6.62. The molecule has 1 aromatic heterocycles. The first kappa shape index (κ1) is 8.79. The Morgan fingerprint density at radius 1 is 1.62 bits per heavy atom. The van der Waals surface area contributed by atoms with Crippen LogP contribution < -0.4 is 0 Å². The van der Waals surface area contributed by atoms with Crippen LogP contribution in [-0.2, 0) is 6.42 Å². The summed E-state index contributed by atoms with van der Waals surface area (Å²) < 4.78 is 2.16. The van der Waals surface area contributed by atoms with Gasteiger partial charge in [0.25, 0.3) is 0 Å². The van der Waals surface area contributed by atoms with Gasteiger partial charge in [-0.15, -0.1) is 0 Å². The zero-order valence-corrected chi connectivity index (χ0v) is 8.70. The van der Waals surface area contributed by atoms with E-state index in [2.05, 4.69) is 36.7 Å². The summed E-state index contributed by atoms with van der Waals surface area (Å²) in [5, 5.41) is 4.40. The van der Waals surface area contributed by atoms with Crippen LogP contribution in [0.5, 0.6) is 0 Å². The molecular weight excluding hydrogens is 160 g/mol. The van der Waals surface area contributed by atoms with Gasteiger partial charge in [0.15, 0.2) is 0 Å². The molecule has 13 heavy (non-hydrogen) atoms. The molecule has 0 unspecified atom stereocenters. The Labute approximate surface area is 80.0 Å². The molecule has 1 fully saturated rings. The van der Waals surface area contributed by atoms with Gasteiger partial charge >= 0.3 is 0 Å². The molecule has 0 radical (unpaired) electrons. The van der Waals surface area contributed by atoms with E-state index in [1.165, 1.54) is 12.0 Å². The normalized spacial score (nSPS) is 26.8. The molecule has 1 aliphatic rings. The third-order valence-corrected chi connectivity index (χ3v) is 3.06. The molecule has 0 bridgehead atoms. The highest BCUT2D eigenvalue weighted by Gasteiger charge is 2.41. The van der Waals surface area contributed by atoms with Gasteiger partial charge < -0.3 is 0 Å². The lowest BCUT2D eigenvalue weighted by Gasteiger charge is -2.02. The minimum absolute atomic E-state index is 0.695. The highest BCUT2D eigenvalue weighted by Crippen LogP contribution is 2.47. The molecule has 72 valence electrons. The summed E-state index contributed by atoms with van der Waals surface area (Å²) in [4.78, 5) is 0. The largest absolute Gasteiger partial charge is 0.269 e. The average Bonchev–Trinajstić information content (AvgIpc) is 2.78. The molecule has 0 aromatic carbocycles. The van der Waals surface area contributed by atoms with Crippen molar-refractivity contribution in [1.82, 2.24) is 9.78 Å². The number of aromatic nitrogens is 2. The number of nitrogens with zero attached hydrogens (tertiary/aromatic N) is 2. The van der Waals surface area contributed by atoms with Crippen molar-refractivity contribution < 1.29 is 0 Å². The molecule has 0 N–H and O–H groups in total. The van der Waals surface area contributed by atoms with Crippen molar-refractivity contribution in [2.75, 3.05) is 0 Å². The predicted octanol–water partition coefficient (Wildman–Crippen LogP) is 2.66. The Bertz CT molecular complexity index is 288. The number of hydrogen-bond acceptors (Lipinski definition) is 1. The number of hydrogen-bond donors (Lipinski definition) is 0. The lowest BCUT2D eigenvalue weighted by atomic mass is 10.1. The van der Waals surface area contributed by atoms with Gasteiger partial charge in [-0.2, -0.15) is 5.10 Å². The smallest absolute Gasteiger partial charge is 0.0554 e. The molecular formula is C11H18N2. The summed E-state index contributed by atoms with van der Waals surface area (Å²) in [6, 6.07) is 0.695. The molecule has 2 heteroatoms. The van der Waals surface area contributed by atoms with Gasteiger partial charge in [-0.1, -0.05) is 20.8 Å². The lowest BCUT2D eigenvalue weighted by molar-refractivity contribution is 0.487. The topological polar surface area (TPSA) is 17.8 Å². The molecule has 1 aromatic rings. The Balaban J connectivity index is 2.03. The van der Waals surface area contributed by atoms with Crippen molar-refractivity contribution in [3.8, 4) is 0 Å². The van der Waals surface area contributed by atoms with Gasteiger partial charge in [0.05, 0.1) is 12.2 Å². The van der Waals surface area contributed by atoms with E-state index >= 15 is 0 Å². The van der Waals surface area contributed by atoms with E-state index in [9.17, 15) is 0 Å². The quantitative estimate of drug-likeness (QED) is 0.695. The van der Waals surface area contributed by atoms with E-state index < -0.39 is 0 Å². The second-order valence-corrected chi connectivity index (χ2v) is 4.39. The maximum atomic E-state index is 4.40. The SMILES string of the molecule is CCc1cnn([C@H]2C[C@H]2C(C)C)c1. The van der Waals surface area contributed by atoms with Crippen molar-refractivity contribution in [1.29, 1.82) is 0 Å². The highest BCUT2D eigenvalue weighted by molar-refractivity contribution is 5.06. The van der Waals surface area contributed by atoms with Crippen LogP contribution in [0.4, 0.5) is 0 Å². The van der Waals surface area contributed by atoms with Gasteiger partial charge in [0.2, 0.25) is 0 Å². The maximum Gasteiger partial charge on any atom is 0.0554 e. The monoisotopic (exact) mass is 178 g/mol. The minimum Gasteiger partial charge on any atom is -0.269 e. The van der Waals surface area contributed by atoms with Crippen LogP contribution in [0, 0.1) is 11.8 Å². The molecule has 2 rings (SSSR count). The summed E-state index contributed by atoms with van der Waals surface area (Å²) in [6.45, 7) is 6.78. The number of aryl methyl sites for hydroxylation is 1. The molecule has 0 spiro atoms. The maximum absolute atomic E-state index is 4.40. The summed E-state index contributed by atoms with van der Waals surface area (Å²) in [5.41, 5.74) is 1.36. The van der Waals surface area contributed by atoms with E-state index in [1.54, 1.807) is 0 Å². The van der Waals surface area contributed by atoms with Crippen LogP contribution in [0.1, 0.15) is 38.8 Å². The van der Waals surface area contributed by atoms with E-state index in [0.29, 0.717) is 6.04 Å². The van der Waals surface area contributed by atoms with E-state index in [4.69, 9.17) is 0 Å². The average molecular weight is 178 g/mol. The minimum atomic E-state index is 0.695. The first-order valence-corrected chi connectivity index (χ1v) is 5.25. The Morgan fingerprint density at radius 2 is 2.38 bits per heavy atom. The van der Waals surface area contributed by atoms with Crippen molar-refractivity contribution in [3.05, 3.63) is 18.0 Å². The standard InChI is InChI=1S/C11H18N2/c1-4-9-6-12-13(7-9)11-5-10(11)8(2)3/h6-8,10-11H,4-5H2,1-3H3/t10-,11-/m0/s1. The fourth-order valence-corrected chi connectivity index (χ4v) is 1.96. The zero-order valence-electron chi connectivity index (χ0n) is 8.70. The molecule has 0 amide bonds. The van der Waals surface area contributed by atoms with Gasteiger partial charge in [0, 0.05) is 6.20 Å². The second-order valence-electron chi connectivity index (χ2n) is 4.39. The summed E-state index contributed by atoms with van der Waals surface area (Å²) >= 11 is 0. The fourth-order valence-electron chi connectivity index (χ4n) is 1.96. The van der Waals surface area contributed by atoms with Crippen LogP contribution in [0.15, 0.2) is 12.4 Å². The molecule has 1 saturated carbocycles. The van der Waals surface area contributed by atoms with E-state index in [1.807, 2.05) is 6.20 Å². The molecule has 0 saturated heterocycles. The van der Waals surface area contributed by atoms with Crippen LogP contribution >= 0.6 is 0 Å². The van der Waals surface area contributed by atoms with Crippen molar-refractivity contribution >= 4 is 0 Å². The highest BCUT2D eigenvalue weighted by atomic mass is 15.3. The third-order valence-electron chi connectivity index (χ3n) is 3.06. The number of rotatable bonds is 3. The van der Waals surface area contributed by atoms with Crippen LogP contribution in [0.3, 0.4) is 0 Å². The molecule has 2 atom stereocenters. The molecule has 1 aliphatic carbocycles. The first-order valence-electron chi connectivity index (χ1n) is 5.25. The van der Waals surface area contributed by atoms with E-state index in [-0.39, 0.29) is 0 Å². The Kier molecular flexibility index (Phi) is 2.14. The van der Waals surface area contributed by atoms with Crippen molar-refractivity contribution in [2.45, 2.75) is 39.7 Å². The lowest BCUT2D eigenvalue weighted by Crippen LogP contribution is -2.00. The third kappa shape index (κ3) is 1.62. The van der Waals surface area contributed by atoms with Gasteiger partial charge in [0.1, 0.15) is 0 Å². The van der Waals surface area contributed by atoms with Crippen molar-refractivity contribution in [3.63, 3.8) is 0 Å². The molecule has 2 nitrogen and oxygen atoms in total. The zero-order chi connectivity index (χ0) is 9.42. The van der Waals surface area contributed by atoms with Crippen molar-refractivity contribution in [2.24, 2.45) is 11.8 Å².